The molecular weight excluding hydrogens is 388 g/mol. The van der Waals surface area contributed by atoms with E-state index in [9.17, 15) is 13.6 Å². The number of fused-ring (bicyclic) bond motifs is 1. The van der Waals surface area contributed by atoms with Crippen LogP contribution in [0.5, 0.6) is 0 Å². The number of nitrogens with zero attached hydrogens (tertiary/aromatic N) is 4. The second-order valence-electron chi connectivity index (χ2n) is 7.57. The Bertz CT molecular complexity index is 1040. The van der Waals surface area contributed by atoms with Gasteiger partial charge in [0.2, 0.25) is 5.91 Å². The van der Waals surface area contributed by atoms with Crippen molar-refractivity contribution in [3.63, 3.8) is 0 Å². The van der Waals surface area contributed by atoms with E-state index in [1.807, 2.05) is 23.6 Å². The number of halogens is 2. The molecule has 2 aromatic carbocycles. The largest absolute Gasteiger partial charge is 0.340 e. The van der Waals surface area contributed by atoms with Gasteiger partial charge in [-0.3, -0.25) is 4.79 Å². The summed E-state index contributed by atoms with van der Waals surface area (Å²) >= 11 is 0. The second-order valence-corrected chi connectivity index (χ2v) is 7.57. The predicted octanol–water partition coefficient (Wildman–Crippen LogP) is 3.48. The Morgan fingerprint density at radius 3 is 2.30 bits per heavy atom. The minimum atomic E-state index is -0.323. The number of amides is 1. The lowest BCUT2D eigenvalue weighted by Gasteiger charge is -2.29. The van der Waals surface area contributed by atoms with Gasteiger partial charge in [-0.15, -0.1) is 0 Å². The normalized spacial score (nSPS) is 13.4. The van der Waals surface area contributed by atoms with Gasteiger partial charge < -0.3 is 19.7 Å². The zero-order valence-electron chi connectivity index (χ0n) is 16.9. The highest BCUT2D eigenvalue weighted by molar-refractivity contribution is 5.79. The summed E-state index contributed by atoms with van der Waals surface area (Å²) in [7, 11) is 3.72. The molecule has 0 aliphatic carbocycles. The lowest BCUT2D eigenvalue weighted by molar-refractivity contribution is -0.133. The van der Waals surface area contributed by atoms with Crippen LogP contribution in [0, 0.1) is 11.6 Å². The topological polar surface area (TPSA) is 53.4 Å². The molecule has 0 fully saturated rings. The molecule has 1 aromatic heterocycles. The van der Waals surface area contributed by atoms with Crippen molar-refractivity contribution in [1.29, 1.82) is 0 Å². The van der Waals surface area contributed by atoms with Crippen LogP contribution in [0.2, 0.25) is 0 Å². The van der Waals surface area contributed by atoms with E-state index in [0.29, 0.717) is 37.6 Å². The van der Waals surface area contributed by atoms with Gasteiger partial charge in [-0.2, -0.15) is 0 Å². The van der Waals surface area contributed by atoms with Crippen LogP contribution in [-0.2, 0) is 17.9 Å². The van der Waals surface area contributed by atoms with Crippen LogP contribution in [0.3, 0.4) is 0 Å². The molecule has 0 radical (unpaired) electrons. The van der Waals surface area contributed by atoms with Crippen LogP contribution in [0.15, 0.2) is 48.5 Å². The van der Waals surface area contributed by atoms with Crippen LogP contribution in [-0.4, -0.2) is 52.4 Å². The molecule has 1 amide bonds. The maximum Gasteiger partial charge on any atom is 0.237 e. The van der Waals surface area contributed by atoms with E-state index in [2.05, 4.69) is 5.32 Å². The molecular formula is C22H23F2N5O. The number of likely N-dealkylation sites (N-methyl/N-ethyl adjacent to an activating group) is 1. The quantitative estimate of drug-likeness (QED) is 0.699. The monoisotopic (exact) mass is 411 g/mol. The molecule has 2 heterocycles. The zero-order chi connectivity index (χ0) is 21.3. The Morgan fingerprint density at radius 1 is 1.03 bits per heavy atom. The standard InChI is InChI=1S/C22H23F2N5O/c1-27(2)14-20(30)28-11-12-29-19(13-28)26-21(15-3-5-16(23)6-4-15)22(29)25-18-9-7-17(24)8-10-18/h3-10,25H,11-14H2,1-2H3. The third-order valence-electron chi connectivity index (χ3n) is 5.00. The smallest absolute Gasteiger partial charge is 0.237 e. The van der Waals surface area contributed by atoms with Gasteiger partial charge in [0.1, 0.15) is 29.0 Å². The Balaban J connectivity index is 1.70. The minimum absolute atomic E-state index is 0.0469. The molecule has 0 bridgehead atoms. The first-order chi connectivity index (χ1) is 14.4. The fourth-order valence-electron chi connectivity index (χ4n) is 3.52. The fourth-order valence-corrected chi connectivity index (χ4v) is 3.52. The van der Waals surface area contributed by atoms with Crippen molar-refractivity contribution in [2.75, 3.05) is 32.5 Å². The minimum Gasteiger partial charge on any atom is -0.340 e. The van der Waals surface area contributed by atoms with Gasteiger partial charge >= 0.3 is 0 Å². The summed E-state index contributed by atoms with van der Waals surface area (Å²) in [6.07, 6.45) is 0. The summed E-state index contributed by atoms with van der Waals surface area (Å²) in [5.41, 5.74) is 2.14. The van der Waals surface area contributed by atoms with Crippen LogP contribution in [0.4, 0.5) is 20.3 Å². The third-order valence-corrected chi connectivity index (χ3v) is 5.00. The molecule has 4 rings (SSSR count). The van der Waals surface area contributed by atoms with Gasteiger partial charge in [0.05, 0.1) is 13.1 Å². The number of hydrogen-bond donors (Lipinski definition) is 1. The first-order valence-electron chi connectivity index (χ1n) is 9.71. The van der Waals surface area contributed by atoms with Crippen molar-refractivity contribution in [3.8, 4) is 11.3 Å². The molecule has 0 atom stereocenters. The van der Waals surface area contributed by atoms with Crippen molar-refractivity contribution in [2.24, 2.45) is 0 Å². The van der Waals surface area contributed by atoms with Crippen molar-refractivity contribution >= 4 is 17.4 Å². The number of nitrogens with one attached hydrogen (secondary N) is 1. The van der Waals surface area contributed by atoms with E-state index >= 15 is 0 Å². The Morgan fingerprint density at radius 2 is 1.67 bits per heavy atom. The van der Waals surface area contributed by atoms with Gasteiger partial charge in [-0.1, -0.05) is 0 Å². The summed E-state index contributed by atoms with van der Waals surface area (Å²) in [4.78, 5) is 20.9. The van der Waals surface area contributed by atoms with E-state index in [0.717, 1.165) is 17.2 Å². The molecule has 156 valence electrons. The van der Waals surface area contributed by atoms with Crippen molar-refractivity contribution in [2.45, 2.75) is 13.1 Å². The molecule has 8 heteroatoms. The summed E-state index contributed by atoms with van der Waals surface area (Å²) in [5.74, 6) is 0.895. The number of rotatable bonds is 5. The maximum absolute atomic E-state index is 13.4. The SMILES string of the molecule is CN(C)CC(=O)N1CCn2c(nc(-c3ccc(F)cc3)c2Nc2ccc(F)cc2)C1. The van der Waals surface area contributed by atoms with E-state index in [4.69, 9.17) is 4.98 Å². The van der Waals surface area contributed by atoms with Crippen molar-refractivity contribution in [3.05, 3.63) is 66.0 Å². The zero-order valence-corrected chi connectivity index (χ0v) is 16.9. The molecule has 0 spiro atoms. The highest BCUT2D eigenvalue weighted by Crippen LogP contribution is 2.33. The highest BCUT2D eigenvalue weighted by atomic mass is 19.1. The van der Waals surface area contributed by atoms with Gasteiger partial charge in [0.25, 0.3) is 0 Å². The molecule has 1 aliphatic rings. The molecule has 3 aromatic rings. The fraction of sp³-hybridized carbons (Fsp3) is 0.273. The number of hydrogen-bond acceptors (Lipinski definition) is 4. The molecule has 0 saturated carbocycles. The van der Waals surface area contributed by atoms with Crippen LogP contribution < -0.4 is 5.32 Å². The average molecular weight is 411 g/mol. The van der Waals surface area contributed by atoms with Crippen molar-refractivity contribution < 1.29 is 13.6 Å². The summed E-state index contributed by atoms with van der Waals surface area (Å²) in [5, 5.41) is 3.33. The molecule has 1 N–H and O–H groups in total. The number of aromatic nitrogens is 2. The van der Waals surface area contributed by atoms with E-state index < -0.39 is 0 Å². The molecule has 0 unspecified atom stereocenters. The summed E-state index contributed by atoms with van der Waals surface area (Å²) in [6.45, 7) is 1.88. The Kier molecular flexibility index (Phi) is 5.50. The lowest BCUT2D eigenvalue weighted by Crippen LogP contribution is -2.42. The van der Waals surface area contributed by atoms with Gasteiger partial charge in [-0.05, 0) is 62.6 Å². The number of anilines is 2. The number of benzene rings is 2. The van der Waals surface area contributed by atoms with Gasteiger partial charge in [0, 0.05) is 24.3 Å². The molecule has 0 saturated heterocycles. The molecule has 1 aliphatic heterocycles. The number of carbonyl (C=O) groups excluding carboxylic acids is 1. The van der Waals surface area contributed by atoms with E-state index in [1.54, 1.807) is 29.2 Å². The van der Waals surface area contributed by atoms with Crippen LogP contribution in [0.1, 0.15) is 5.82 Å². The van der Waals surface area contributed by atoms with Crippen molar-refractivity contribution in [1.82, 2.24) is 19.4 Å². The van der Waals surface area contributed by atoms with E-state index in [-0.39, 0.29) is 17.5 Å². The second kappa shape index (κ2) is 8.23. The lowest BCUT2D eigenvalue weighted by atomic mass is 10.1. The highest BCUT2D eigenvalue weighted by Gasteiger charge is 2.27. The predicted molar refractivity (Wildman–Crippen MR) is 111 cm³/mol. The molecule has 30 heavy (non-hydrogen) atoms. The molecule has 6 nitrogen and oxygen atoms in total. The first-order valence-corrected chi connectivity index (χ1v) is 9.71. The van der Waals surface area contributed by atoms with Gasteiger partial charge in [-0.25, -0.2) is 13.8 Å². The Hall–Kier alpha value is -3.26. The Labute approximate surface area is 173 Å². The van der Waals surface area contributed by atoms with E-state index in [1.165, 1.54) is 24.3 Å². The summed E-state index contributed by atoms with van der Waals surface area (Å²) < 4.78 is 28.8. The third kappa shape index (κ3) is 4.18. The maximum atomic E-state index is 13.4. The number of carbonyl (C=O) groups is 1. The average Bonchev–Trinajstić information content (AvgIpc) is 3.07. The summed E-state index contributed by atoms with van der Waals surface area (Å²) in [6, 6.07) is 12.2. The van der Waals surface area contributed by atoms with Crippen LogP contribution in [0.25, 0.3) is 11.3 Å². The van der Waals surface area contributed by atoms with Crippen LogP contribution >= 0.6 is 0 Å². The first kappa shape index (κ1) is 20.0. The number of imidazole rings is 1. The van der Waals surface area contributed by atoms with Gasteiger partial charge in [0.15, 0.2) is 0 Å².